The van der Waals surface area contributed by atoms with Gasteiger partial charge >= 0.3 is 0 Å². The van der Waals surface area contributed by atoms with Crippen molar-refractivity contribution in [2.24, 2.45) is 0 Å². The van der Waals surface area contributed by atoms with Crippen molar-refractivity contribution in [2.75, 3.05) is 26.6 Å². The van der Waals surface area contributed by atoms with Gasteiger partial charge in [-0.15, -0.1) is 0 Å². The predicted octanol–water partition coefficient (Wildman–Crippen LogP) is 2.48. The van der Waals surface area contributed by atoms with Crippen LogP contribution >= 0.6 is 0 Å². The van der Waals surface area contributed by atoms with Crippen LogP contribution in [-0.4, -0.2) is 39.9 Å². The number of methoxy groups -OCH3 is 2. The first kappa shape index (κ1) is 19.7. The van der Waals surface area contributed by atoms with Gasteiger partial charge in [0.15, 0.2) is 0 Å². The number of rotatable bonds is 7. The van der Waals surface area contributed by atoms with Crippen molar-refractivity contribution in [3.05, 3.63) is 48.0 Å². The van der Waals surface area contributed by atoms with Gasteiger partial charge in [-0.3, -0.25) is 4.79 Å². The summed E-state index contributed by atoms with van der Waals surface area (Å²) in [4.78, 5) is 11.3. The van der Waals surface area contributed by atoms with Crippen LogP contribution in [0.15, 0.2) is 47.4 Å². The van der Waals surface area contributed by atoms with Gasteiger partial charge in [-0.05, 0) is 29.8 Å². The van der Waals surface area contributed by atoms with Crippen LogP contribution in [0.2, 0.25) is 0 Å². The molecule has 1 amide bonds. The summed E-state index contributed by atoms with van der Waals surface area (Å²) in [5, 5.41) is 2.60. The van der Waals surface area contributed by atoms with Crippen LogP contribution in [0.4, 0.5) is 5.69 Å². The highest BCUT2D eigenvalue weighted by Gasteiger charge is 2.22. The highest BCUT2D eigenvalue weighted by molar-refractivity contribution is 7.89. The fraction of sp³-hybridized carbons (Fsp3) is 0.278. The maximum absolute atomic E-state index is 12.8. The van der Waals surface area contributed by atoms with Crippen molar-refractivity contribution in [1.29, 1.82) is 0 Å². The van der Waals surface area contributed by atoms with Gasteiger partial charge in [-0.1, -0.05) is 12.1 Å². The Morgan fingerprint density at radius 3 is 2.46 bits per heavy atom. The number of amides is 1. The Kier molecular flexibility index (Phi) is 6.23. The smallest absolute Gasteiger partial charge is 0.243 e. The first-order chi connectivity index (χ1) is 12.3. The second-order valence-electron chi connectivity index (χ2n) is 5.66. The Balaban J connectivity index is 2.29. The van der Waals surface area contributed by atoms with E-state index in [1.165, 1.54) is 43.6 Å². The fourth-order valence-corrected chi connectivity index (χ4v) is 3.59. The van der Waals surface area contributed by atoms with Crippen molar-refractivity contribution in [3.63, 3.8) is 0 Å². The molecule has 8 heteroatoms. The van der Waals surface area contributed by atoms with Crippen LogP contribution in [0, 0.1) is 0 Å². The molecule has 0 aromatic heterocycles. The van der Waals surface area contributed by atoms with Gasteiger partial charge in [0.05, 0.1) is 24.8 Å². The minimum atomic E-state index is -3.73. The second-order valence-corrected chi connectivity index (χ2v) is 7.70. The van der Waals surface area contributed by atoms with Crippen LogP contribution in [0.1, 0.15) is 12.5 Å². The van der Waals surface area contributed by atoms with Gasteiger partial charge in [0.2, 0.25) is 15.9 Å². The minimum Gasteiger partial charge on any atom is -0.497 e. The quantitative estimate of drug-likeness (QED) is 0.800. The Labute approximate surface area is 153 Å². The lowest BCUT2D eigenvalue weighted by Crippen LogP contribution is -2.26. The largest absolute Gasteiger partial charge is 0.497 e. The van der Waals surface area contributed by atoms with E-state index in [9.17, 15) is 13.2 Å². The maximum Gasteiger partial charge on any atom is 0.243 e. The van der Waals surface area contributed by atoms with Crippen LogP contribution < -0.4 is 14.8 Å². The van der Waals surface area contributed by atoms with Gasteiger partial charge in [-0.2, -0.15) is 4.31 Å². The summed E-state index contributed by atoms with van der Waals surface area (Å²) in [7, 11) is 0.740. The van der Waals surface area contributed by atoms with Crippen molar-refractivity contribution >= 4 is 21.6 Å². The van der Waals surface area contributed by atoms with Crippen LogP contribution in [0.5, 0.6) is 11.5 Å². The number of hydrogen-bond acceptors (Lipinski definition) is 5. The lowest BCUT2D eigenvalue weighted by atomic mass is 10.2. The summed E-state index contributed by atoms with van der Waals surface area (Å²) in [6.45, 7) is 1.56. The molecular weight excluding hydrogens is 356 g/mol. The van der Waals surface area contributed by atoms with Crippen LogP contribution in [0.3, 0.4) is 0 Å². The molecule has 0 aliphatic rings. The zero-order valence-corrected chi connectivity index (χ0v) is 16.0. The highest BCUT2D eigenvalue weighted by atomic mass is 32.2. The number of nitrogens with one attached hydrogen (secondary N) is 1. The second kappa shape index (κ2) is 8.20. The molecule has 26 heavy (non-hydrogen) atoms. The predicted molar refractivity (Wildman–Crippen MR) is 98.9 cm³/mol. The number of nitrogens with zero attached hydrogens (tertiary/aromatic N) is 1. The third kappa shape index (κ3) is 4.53. The summed E-state index contributed by atoms with van der Waals surface area (Å²) in [6, 6.07) is 11.5. The number of carbonyl (C=O) groups excluding carboxylic acids is 1. The standard InChI is InChI=1S/C18H22N2O5S/c1-13(21)19-17-9-8-16(11-18(17)25-4)26(22,23)20(2)12-14-6-5-7-15(10-14)24-3/h5-11H,12H2,1-4H3,(H,19,21). The minimum absolute atomic E-state index is 0.0776. The number of benzene rings is 2. The van der Waals surface area contributed by atoms with Crippen LogP contribution in [0.25, 0.3) is 0 Å². The third-order valence-electron chi connectivity index (χ3n) is 3.73. The molecule has 0 aliphatic heterocycles. The van der Waals surface area contributed by atoms with E-state index in [1.54, 1.807) is 25.3 Å². The summed E-state index contributed by atoms with van der Waals surface area (Å²) in [5.74, 6) is 0.666. The zero-order chi connectivity index (χ0) is 19.3. The van der Waals surface area contributed by atoms with Crippen molar-refractivity contribution in [2.45, 2.75) is 18.4 Å². The average Bonchev–Trinajstić information content (AvgIpc) is 2.61. The van der Waals surface area contributed by atoms with Crippen molar-refractivity contribution < 1.29 is 22.7 Å². The lowest BCUT2D eigenvalue weighted by Gasteiger charge is -2.19. The van der Waals surface area contributed by atoms with E-state index in [1.807, 2.05) is 6.07 Å². The summed E-state index contributed by atoms with van der Waals surface area (Å²) < 4.78 is 37.3. The molecule has 0 saturated heterocycles. The first-order valence-electron chi connectivity index (χ1n) is 7.83. The Bertz CT molecular complexity index is 896. The van der Waals surface area contributed by atoms with Gasteiger partial charge in [0.1, 0.15) is 11.5 Å². The summed E-state index contributed by atoms with van der Waals surface area (Å²) in [6.07, 6.45) is 0. The average molecular weight is 378 g/mol. The molecule has 2 rings (SSSR count). The SMILES string of the molecule is COc1cccc(CN(C)S(=O)(=O)c2ccc(NC(C)=O)c(OC)c2)c1. The number of anilines is 1. The maximum atomic E-state index is 12.8. The summed E-state index contributed by atoms with van der Waals surface area (Å²) >= 11 is 0. The molecule has 0 fully saturated rings. The van der Waals surface area contributed by atoms with Crippen molar-refractivity contribution in [3.8, 4) is 11.5 Å². The van der Waals surface area contributed by atoms with E-state index in [0.29, 0.717) is 11.4 Å². The molecule has 0 spiro atoms. The molecule has 0 atom stereocenters. The van der Waals surface area contributed by atoms with E-state index < -0.39 is 10.0 Å². The van der Waals surface area contributed by atoms with E-state index in [-0.39, 0.29) is 23.1 Å². The number of hydrogen-bond donors (Lipinski definition) is 1. The number of carbonyl (C=O) groups is 1. The third-order valence-corrected chi connectivity index (χ3v) is 5.53. The molecule has 0 unspecified atom stereocenters. The molecule has 0 heterocycles. The first-order valence-corrected chi connectivity index (χ1v) is 9.27. The molecule has 0 saturated carbocycles. The Hall–Kier alpha value is -2.58. The Morgan fingerprint density at radius 2 is 1.85 bits per heavy atom. The van der Waals surface area contributed by atoms with E-state index in [2.05, 4.69) is 5.32 Å². The normalized spacial score (nSPS) is 11.3. The number of ether oxygens (including phenoxy) is 2. The zero-order valence-electron chi connectivity index (χ0n) is 15.1. The Morgan fingerprint density at radius 1 is 1.12 bits per heavy atom. The molecular formula is C18H22N2O5S. The summed E-state index contributed by atoms with van der Waals surface area (Å²) in [5.41, 5.74) is 1.21. The molecule has 7 nitrogen and oxygen atoms in total. The molecule has 0 radical (unpaired) electrons. The number of sulfonamides is 1. The topological polar surface area (TPSA) is 84.9 Å². The van der Waals surface area contributed by atoms with Gasteiger partial charge in [-0.25, -0.2) is 8.42 Å². The lowest BCUT2D eigenvalue weighted by molar-refractivity contribution is -0.114. The molecule has 140 valence electrons. The van der Waals surface area contributed by atoms with Crippen molar-refractivity contribution in [1.82, 2.24) is 4.31 Å². The molecule has 0 bridgehead atoms. The molecule has 2 aromatic rings. The van der Waals surface area contributed by atoms with E-state index in [4.69, 9.17) is 9.47 Å². The van der Waals surface area contributed by atoms with E-state index in [0.717, 1.165) is 5.56 Å². The molecule has 1 N–H and O–H groups in total. The molecule has 2 aromatic carbocycles. The fourth-order valence-electron chi connectivity index (χ4n) is 2.42. The molecule has 0 aliphatic carbocycles. The van der Waals surface area contributed by atoms with E-state index >= 15 is 0 Å². The van der Waals surface area contributed by atoms with Gasteiger partial charge in [0, 0.05) is 26.6 Å². The monoisotopic (exact) mass is 378 g/mol. The van der Waals surface area contributed by atoms with Gasteiger partial charge < -0.3 is 14.8 Å². The van der Waals surface area contributed by atoms with Crippen LogP contribution in [-0.2, 0) is 21.4 Å². The van der Waals surface area contributed by atoms with Gasteiger partial charge in [0.25, 0.3) is 0 Å². The highest BCUT2D eigenvalue weighted by Crippen LogP contribution is 2.29.